The first-order chi connectivity index (χ1) is 9.67. The molecule has 1 fully saturated rings. The third kappa shape index (κ3) is 2.93. The van der Waals surface area contributed by atoms with Crippen LogP contribution < -0.4 is 4.90 Å². The molecule has 0 spiro atoms. The average molecular weight is 272 g/mol. The molecule has 1 atom stereocenters. The summed E-state index contributed by atoms with van der Waals surface area (Å²) in [6, 6.07) is 7.97. The quantitative estimate of drug-likeness (QED) is 0.794. The van der Waals surface area contributed by atoms with E-state index in [9.17, 15) is 10.1 Å². The Bertz CT molecular complexity index is 534. The molecule has 0 aliphatic carbocycles. The van der Waals surface area contributed by atoms with Crippen molar-refractivity contribution in [3.05, 3.63) is 29.3 Å². The van der Waals surface area contributed by atoms with Crippen LogP contribution in [0.3, 0.4) is 0 Å². The number of rotatable bonds is 3. The summed E-state index contributed by atoms with van der Waals surface area (Å²) in [6.07, 6.45) is 1.81. The number of esters is 1. The molecule has 2 rings (SSSR count). The van der Waals surface area contributed by atoms with E-state index in [0.29, 0.717) is 18.7 Å². The summed E-state index contributed by atoms with van der Waals surface area (Å²) in [7, 11) is 0. The molecule has 1 aromatic carbocycles. The summed E-state index contributed by atoms with van der Waals surface area (Å²) in [5, 5.41) is 9.26. The van der Waals surface area contributed by atoms with Gasteiger partial charge in [-0.05, 0) is 38.3 Å². The highest BCUT2D eigenvalue weighted by atomic mass is 16.5. The Labute approximate surface area is 120 Å². The lowest BCUT2D eigenvalue weighted by atomic mass is 9.96. The SMILES string of the molecule is CCOC(=O)C1CCCN(c2c(C)cccc2C#N)C1. The Kier molecular flexibility index (Phi) is 4.62. The Morgan fingerprint density at radius 3 is 3.05 bits per heavy atom. The molecule has 4 nitrogen and oxygen atoms in total. The molecule has 0 saturated carbocycles. The summed E-state index contributed by atoms with van der Waals surface area (Å²) in [5.41, 5.74) is 2.71. The highest BCUT2D eigenvalue weighted by Crippen LogP contribution is 2.29. The third-order valence-electron chi connectivity index (χ3n) is 3.72. The number of piperidine rings is 1. The molecule has 0 bridgehead atoms. The fourth-order valence-corrected chi connectivity index (χ4v) is 2.80. The van der Waals surface area contributed by atoms with Crippen molar-refractivity contribution < 1.29 is 9.53 Å². The molecule has 0 aromatic heterocycles. The van der Waals surface area contributed by atoms with Crippen molar-refractivity contribution in [1.82, 2.24) is 0 Å². The van der Waals surface area contributed by atoms with Crippen LogP contribution in [-0.4, -0.2) is 25.7 Å². The molecule has 1 saturated heterocycles. The number of aryl methyl sites for hydroxylation is 1. The normalized spacial score (nSPS) is 18.4. The molecule has 4 heteroatoms. The number of hydrogen-bond donors (Lipinski definition) is 0. The van der Waals surface area contributed by atoms with E-state index in [4.69, 9.17) is 4.74 Å². The van der Waals surface area contributed by atoms with Gasteiger partial charge in [-0.15, -0.1) is 0 Å². The Morgan fingerprint density at radius 2 is 2.35 bits per heavy atom. The molecular weight excluding hydrogens is 252 g/mol. The number of carbonyl (C=O) groups excluding carboxylic acids is 1. The fraction of sp³-hybridized carbons (Fsp3) is 0.500. The molecule has 1 unspecified atom stereocenters. The van der Waals surface area contributed by atoms with Gasteiger partial charge < -0.3 is 9.64 Å². The van der Waals surface area contributed by atoms with E-state index in [2.05, 4.69) is 11.0 Å². The van der Waals surface area contributed by atoms with Crippen LogP contribution in [0.1, 0.15) is 30.9 Å². The van der Waals surface area contributed by atoms with Crippen molar-refractivity contribution in [3.63, 3.8) is 0 Å². The number of carbonyl (C=O) groups is 1. The van der Waals surface area contributed by atoms with Crippen molar-refractivity contribution in [1.29, 1.82) is 5.26 Å². The van der Waals surface area contributed by atoms with Gasteiger partial charge in [0.1, 0.15) is 6.07 Å². The first kappa shape index (κ1) is 14.4. The second-order valence-electron chi connectivity index (χ2n) is 5.12. The molecule has 1 aromatic rings. The minimum Gasteiger partial charge on any atom is -0.466 e. The zero-order valence-electron chi connectivity index (χ0n) is 12.1. The van der Waals surface area contributed by atoms with Crippen molar-refractivity contribution in [2.75, 3.05) is 24.6 Å². The molecular formula is C16H20N2O2. The highest BCUT2D eigenvalue weighted by Gasteiger charge is 2.28. The Morgan fingerprint density at radius 1 is 1.55 bits per heavy atom. The number of anilines is 1. The van der Waals surface area contributed by atoms with Gasteiger partial charge in [0.05, 0.1) is 23.8 Å². The van der Waals surface area contributed by atoms with Gasteiger partial charge in [0.2, 0.25) is 0 Å². The fourth-order valence-electron chi connectivity index (χ4n) is 2.80. The summed E-state index contributed by atoms with van der Waals surface area (Å²) in [6.45, 7) is 5.77. The van der Waals surface area contributed by atoms with Crippen LogP contribution in [0.25, 0.3) is 0 Å². The lowest BCUT2D eigenvalue weighted by molar-refractivity contribution is -0.148. The number of hydrogen-bond acceptors (Lipinski definition) is 4. The lowest BCUT2D eigenvalue weighted by Crippen LogP contribution is -2.40. The highest BCUT2D eigenvalue weighted by molar-refractivity contribution is 5.74. The molecule has 20 heavy (non-hydrogen) atoms. The van der Waals surface area contributed by atoms with E-state index < -0.39 is 0 Å². The molecule has 0 amide bonds. The van der Waals surface area contributed by atoms with Crippen molar-refractivity contribution in [3.8, 4) is 6.07 Å². The van der Waals surface area contributed by atoms with Crippen molar-refractivity contribution in [2.24, 2.45) is 5.92 Å². The van der Waals surface area contributed by atoms with Gasteiger partial charge in [-0.25, -0.2) is 0 Å². The topological polar surface area (TPSA) is 53.3 Å². The van der Waals surface area contributed by atoms with Gasteiger partial charge in [-0.2, -0.15) is 5.26 Å². The van der Waals surface area contributed by atoms with E-state index in [1.54, 1.807) is 0 Å². The summed E-state index contributed by atoms with van der Waals surface area (Å²) >= 11 is 0. The summed E-state index contributed by atoms with van der Waals surface area (Å²) < 4.78 is 5.12. The predicted molar refractivity (Wildman–Crippen MR) is 77.5 cm³/mol. The van der Waals surface area contributed by atoms with Gasteiger partial charge in [0.25, 0.3) is 0 Å². The van der Waals surface area contributed by atoms with Crippen molar-refractivity contribution in [2.45, 2.75) is 26.7 Å². The number of para-hydroxylation sites is 1. The van der Waals surface area contributed by atoms with E-state index >= 15 is 0 Å². The van der Waals surface area contributed by atoms with E-state index in [1.165, 1.54) is 0 Å². The predicted octanol–water partition coefficient (Wildman–Crippen LogP) is 2.65. The Hall–Kier alpha value is -2.02. The van der Waals surface area contributed by atoms with Gasteiger partial charge in [-0.3, -0.25) is 4.79 Å². The second kappa shape index (κ2) is 6.42. The van der Waals surface area contributed by atoms with E-state index in [1.807, 2.05) is 32.0 Å². The van der Waals surface area contributed by atoms with Crippen molar-refractivity contribution >= 4 is 11.7 Å². The van der Waals surface area contributed by atoms with Crippen LogP contribution in [0.5, 0.6) is 0 Å². The number of nitrogens with zero attached hydrogens (tertiary/aromatic N) is 2. The summed E-state index contributed by atoms with van der Waals surface area (Å²) in [4.78, 5) is 14.1. The van der Waals surface area contributed by atoms with Gasteiger partial charge in [0.15, 0.2) is 0 Å². The second-order valence-corrected chi connectivity index (χ2v) is 5.12. The summed E-state index contributed by atoms with van der Waals surface area (Å²) in [5.74, 6) is -0.209. The van der Waals surface area contributed by atoms with Gasteiger partial charge in [0, 0.05) is 13.1 Å². The maximum Gasteiger partial charge on any atom is 0.310 e. The molecule has 1 aliphatic heterocycles. The maximum absolute atomic E-state index is 11.9. The molecule has 0 radical (unpaired) electrons. The molecule has 0 N–H and O–H groups in total. The minimum absolute atomic E-state index is 0.0881. The number of benzene rings is 1. The van der Waals surface area contributed by atoms with E-state index in [-0.39, 0.29) is 11.9 Å². The lowest BCUT2D eigenvalue weighted by Gasteiger charge is -2.34. The standard InChI is InChI=1S/C16H20N2O2/c1-3-20-16(19)14-8-5-9-18(11-14)15-12(2)6-4-7-13(15)10-17/h4,6-7,14H,3,5,8-9,11H2,1-2H3. The molecule has 106 valence electrons. The minimum atomic E-state index is -0.121. The van der Waals surface area contributed by atoms with Crippen LogP contribution in [0.15, 0.2) is 18.2 Å². The van der Waals surface area contributed by atoms with Crippen LogP contribution in [0, 0.1) is 24.2 Å². The number of nitriles is 1. The van der Waals surface area contributed by atoms with E-state index in [0.717, 1.165) is 30.6 Å². The average Bonchev–Trinajstić information content (AvgIpc) is 2.47. The zero-order chi connectivity index (χ0) is 14.5. The molecule has 1 heterocycles. The van der Waals surface area contributed by atoms with Crippen LogP contribution in [0.2, 0.25) is 0 Å². The smallest absolute Gasteiger partial charge is 0.310 e. The Balaban J connectivity index is 2.22. The first-order valence-electron chi connectivity index (χ1n) is 7.08. The monoisotopic (exact) mass is 272 g/mol. The maximum atomic E-state index is 11.9. The van der Waals surface area contributed by atoms with Crippen LogP contribution in [0.4, 0.5) is 5.69 Å². The largest absolute Gasteiger partial charge is 0.466 e. The third-order valence-corrected chi connectivity index (χ3v) is 3.72. The molecule has 1 aliphatic rings. The zero-order valence-corrected chi connectivity index (χ0v) is 12.1. The van der Waals surface area contributed by atoms with Gasteiger partial charge in [-0.1, -0.05) is 12.1 Å². The number of ether oxygens (including phenoxy) is 1. The van der Waals surface area contributed by atoms with Crippen LogP contribution >= 0.6 is 0 Å². The van der Waals surface area contributed by atoms with Crippen LogP contribution in [-0.2, 0) is 9.53 Å². The van der Waals surface area contributed by atoms with Gasteiger partial charge >= 0.3 is 5.97 Å². The first-order valence-corrected chi connectivity index (χ1v) is 7.08.